The first-order valence-corrected chi connectivity index (χ1v) is 15.8. The number of ether oxygens (including phenoxy) is 1. The lowest BCUT2D eigenvalue weighted by atomic mass is 9.96. The smallest absolute Gasteiger partial charge is 0.192 e. The lowest BCUT2D eigenvalue weighted by Crippen LogP contribution is -2.52. The monoisotopic (exact) mass is 387 g/mol. The fourth-order valence-corrected chi connectivity index (χ4v) is 5.70. The van der Waals surface area contributed by atoms with Gasteiger partial charge in [0.25, 0.3) is 0 Å². The van der Waals surface area contributed by atoms with Gasteiger partial charge in [0.1, 0.15) is 0 Å². The molecule has 0 radical (unpaired) electrons. The molecule has 1 saturated heterocycles. The number of hydrogen-bond acceptors (Lipinski definition) is 3. The highest BCUT2D eigenvalue weighted by molar-refractivity contribution is 6.74. The van der Waals surface area contributed by atoms with Crippen molar-refractivity contribution in [3.05, 3.63) is 0 Å². The molecule has 3 nitrogen and oxygen atoms in total. The second kappa shape index (κ2) is 7.04. The molecule has 4 atom stereocenters. The van der Waals surface area contributed by atoms with E-state index in [0.29, 0.717) is 0 Å². The molecule has 1 heterocycles. The minimum absolute atomic E-state index is 0.0809. The quantitative estimate of drug-likeness (QED) is 0.431. The van der Waals surface area contributed by atoms with Crippen LogP contribution < -0.4 is 0 Å². The molecule has 0 spiro atoms. The van der Waals surface area contributed by atoms with E-state index in [0.717, 1.165) is 25.7 Å². The molecule has 25 heavy (non-hydrogen) atoms. The zero-order valence-electron chi connectivity index (χ0n) is 19.3. The molecular weight excluding hydrogens is 344 g/mol. The first kappa shape index (κ1) is 20.1. The summed E-state index contributed by atoms with van der Waals surface area (Å²) in [5.41, 5.74) is 0. The predicted molar refractivity (Wildman–Crippen MR) is 111 cm³/mol. The van der Waals surface area contributed by atoms with Crippen molar-refractivity contribution in [2.45, 2.75) is 128 Å². The van der Waals surface area contributed by atoms with Gasteiger partial charge in [0.2, 0.25) is 0 Å². The number of epoxide rings is 1. The summed E-state index contributed by atoms with van der Waals surface area (Å²) in [4.78, 5) is 0. The summed E-state index contributed by atoms with van der Waals surface area (Å²) >= 11 is 0. The highest BCUT2D eigenvalue weighted by Crippen LogP contribution is 2.44. The molecule has 2 fully saturated rings. The van der Waals surface area contributed by atoms with Gasteiger partial charge in [0, 0.05) is 0 Å². The molecule has 1 aliphatic carbocycles. The molecular formula is C20H42O3Si2. The average molecular weight is 388 g/mol. The Morgan fingerprint density at radius 3 is 1.56 bits per heavy atom. The van der Waals surface area contributed by atoms with E-state index in [1.165, 1.54) is 0 Å². The Labute approximate surface area is 159 Å². The van der Waals surface area contributed by atoms with E-state index < -0.39 is 22.7 Å². The molecule has 0 unspecified atom stereocenters. The van der Waals surface area contributed by atoms with Gasteiger partial charge in [-0.25, -0.2) is 0 Å². The molecule has 1 aliphatic heterocycles. The summed E-state index contributed by atoms with van der Waals surface area (Å²) in [6.07, 6.45) is 3.13. The van der Waals surface area contributed by atoms with Gasteiger partial charge in [-0.2, -0.15) is 0 Å². The van der Waals surface area contributed by atoms with E-state index in [1.807, 2.05) is 0 Å². The summed E-state index contributed by atoms with van der Waals surface area (Å²) in [5, 5.41) is 0.361. The van der Waals surface area contributed by atoms with Gasteiger partial charge < -0.3 is 13.6 Å². The maximum absolute atomic E-state index is 8.43. The molecule has 0 aromatic heterocycles. The van der Waals surface area contributed by atoms with Crippen LogP contribution in [0.1, 0.15) is 68.6 Å². The molecule has 0 bridgehead atoms. The van der Waals surface area contributed by atoms with Crippen LogP contribution >= 0.6 is 0 Å². The summed E-state index contributed by atoms with van der Waals surface area (Å²) in [6, 6.07) is 0. The van der Waals surface area contributed by atoms with Crippen molar-refractivity contribution in [2.75, 3.05) is 0 Å². The van der Waals surface area contributed by atoms with E-state index in [-0.39, 0.29) is 28.4 Å². The van der Waals surface area contributed by atoms with Crippen molar-refractivity contribution in [3.8, 4) is 0 Å². The third-order valence-electron chi connectivity index (χ3n) is 6.90. The van der Waals surface area contributed by atoms with Gasteiger partial charge >= 0.3 is 0 Å². The normalized spacial score (nSPS) is 35.4. The molecule has 0 amide bonds. The molecule has 0 aromatic rings. The van der Waals surface area contributed by atoms with Crippen LogP contribution in [0, 0.1) is 0 Å². The summed E-state index contributed by atoms with van der Waals surface area (Å²) in [6.45, 7) is 23.1. The van der Waals surface area contributed by atoms with Crippen molar-refractivity contribution >= 4 is 16.6 Å². The molecule has 0 N–H and O–H groups in total. The maximum atomic E-state index is 8.43. The first-order chi connectivity index (χ1) is 11.5. The van der Waals surface area contributed by atoms with Crippen LogP contribution in [0.5, 0.6) is 0 Å². The predicted octanol–water partition coefficient (Wildman–Crippen LogP) is 6.11. The Bertz CT molecular complexity index is 510. The zero-order chi connectivity index (χ0) is 20.2. The lowest BCUT2D eigenvalue weighted by molar-refractivity contribution is 0.0205. The lowest BCUT2D eigenvalue weighted by Gasteiger charge is -2.45. The molecule has 5 heteroatoms. The van der Waals surface area contributed by atoms with Gasteiger partial charge in [0.05, 0.1) is 25.8 Å². The van der Waals surface area contributed by atoms with Gasteiger partial charge in [-0.05, 0) is 61.9 Å². The Morgan fingerprint density at radius 2 is 1.16 bits per heavy atom. The third-order valence-corrected chi connectivity index (χ3v) is 15.9. The van der Waals surface area contributed by atoms with Gasteiger partial charge in [0.15, 0.2) is 16.6 Å². The van der Waals surface area contributed by atoms with Crippen molar-refractivity contribution in [1.82, 2.24) is 0 Å². The Hall–Kier alpha value is 0.314. The van der Waals surface area contributed by atoms with E-state index in [4.69, 9.17) is 15.0 Å². The van der Waals surface area contributed by atoms with Crippen LogP contribution in [0.15, 0.2) is 0 Å². The van der Waals surface area contributed by atoms with E-state index in [2.05, 4.69) is 67.7 Å². The Morgan fingerprint density at radius 1 is 0.760 bits per heavy atom. The SMILES string of the molecule is [2H][C@@]12CC[C@H](O[Si](C)(C)C(C)(C)C)[C@H](O[Si](C)(C)C(C)(C)C)CC[C@@H]1O2. The van der Waals surface area contributed by atoms with Crippen LogP contribution in [-0.2, 0) is 13.6 Å². The fraction of sp³-hybridized carbons (Fsp3) is 1.00. The van der Waals surface area contributed by atoms with Crippen LogP contribution in [0.2, 0.25) is 36.3 Å². The van der Waals surface area contributed by atoms with Crippen LogP contribution in [0.3, 0.4) is 0 Å². The van der Waals surface area contributed by atoms with Gasteiger partial charge in [-0.15, -0.1) is 0 Å². The van der Waals surface area contributed by atoms with E-state index in [1.54, 1.807) is 0 Å². The summed E-state index contributed by atoms with van der Waals surface area (Å²) in [5.74, 6) is 0. The number of hydrogen-bond donors (Lipinski definition) is 0. The molecule has 0 aromatic carbocycles. The molecule has 1 saturated carbocycles. The molecule has 2 rings (SSSR count). The first-order valence-electron chi connectivity index (χ1n) is 10.5. The minimum Gasteiger partial charge on any atom is -0.411 e. The second-order valence-electron chi connectivity index (χ2n) is 11.0. The topological polar surface area (TPSA) is 31.0 Å². The fourth-order valence-electron chi connectivity index (χ4n) is 2.94. The summed E-state index contributed by atoms with van der Waals surface area (Å²) in [7, 11) is -3.77. The third kappa shape index (κ3) is 5.19. The standard InChI is InChI=1S/C20H42O3Si2/c1-19(2,3)24(7,8)22-17-13-11-15-16(21-15)12-14-18(17)23-25(9,10)20(4,5)6/h15-18H,11-14H2,1-10H3/t15-,16+,17+,18-/i15D/m1/s1. The van der Waals surface area contributed by atoms with Crippen molar-refractivity contribution in [1.29, 1.82) is 0 Å². The number of rotatable bonds is 4. The van der Waals surface area contributed by atoms with Crippen molar-refractivity contribution in [3.63, 3.8) is 0 Å². The second-order valence-corrected chi connectivity index (χ2v) is 20.5. The Kier molecular flexibility index (Phi) is 5.65. The van der Waals surface area contributed by atoms with Crippen molar-refractivity contribution in [2.24, 2.45) is 0 Å². The Balaban J connectivity index is 2.22. The number of fused-ring (bicyclic) bond motifs is 1. The van der Waals surface area contributed by atoms with Crippen LogP contribution in [0.4, 0.5) is 0 Å². The molecule has 148 valence electrons. The average Bonchev–Trinajstić information content (AvgIpc) is 3.06. The zero-order valence-corrected chi connectivity index (χ0v) is 20.3. The maximum Gasteiger partial charge on any atom is 0.192 e. The van der Waals surface area contributed by atoms with Crippen molar-refractivity contribution < 1.29 is 15.0 Å². The van der Waals surface area contributed by atoms with Crippen LogP contribution in [-0.4, -0.2) is 41.0 Å². The largest absolute Gasteiger partial charge is 0.411 e. The highest BCUT2D eigenvalue weighted by Gasteiger charge is 2.48. The van der Waals surface area contributed by atoms with Gasteiger partial charge in [-0.3, -0.25) is 0 Å². The van der Waals surface area contributed by atoms with E-state index >= 15 is 0 Å². The minimum atomic E-state index is -1.89. The van der Waals surface area contributed by atoms with Gasteiger partial charge in [-0.1, -0.05) is 41.5 Å². The van der Waals surface area contributed by atoms with E-state index in [9.17, 15) is 0 Å². The van der Waals surface area contributed by atoms with Crippen LogP contribution in [0.25, 0.3) is 0 Å². The summed E-state index contributed by atoms with van der Waals surface area (Å²) < 4.78 is 27.9. The highest BCUT2D eigenvalue weighted by atomic mass is 28.4. The molecule has 2 aliphatic rings.